The number of pyridine rings is 1. The average molecular weight is 215 g/mol. The Morgan fingerprint density at radius 3 is 2.60 bits per heavy atom. The Kier molecular flexibility index (Phi) is 3.17. The summed E-state index contributed by atoms with van der Waals surface area (Å²) >= 11 is 0. The van der Waals surface area contributed by atoms with Crippen LogP contribution in [0.4, 0.5) is 10.1 Å². The molecule has 1 aromatic rings. The Labute approximate surface area is 84.3 Å². The predicted molar refractivity (Wildman–Crippen MR) is 48.8 cm³/mol. The summed E-state index contributed by atoms with van der Waals surface area (Å²) in [5.41, 5.74) is 9.74. The molecule has 0 saturated heterocycles. The van der Waals surface area contributed by atoms with Crippen LogP contribution in [0.25, 0.3) is 0 Å². The van der Waals surface area contributed by atoms with Gasteiger partial charge in [0.05, 0.1) is 17.6 Å². The number of aliphatic hydroxyl groups excluding tert-OH is 2. The first-order valence-corrected chi connectivity index (χ1v) is 4.00. The fraction of sp³-hybridized carbons (Fsp3) is 0.250. The van der Waals surface area contributed by atoms with Crippen molar-refractivity contribution in [3.63, 3.8) is 0 Å². The summed E-state index contributed by atoms with van der Waals surface area (Å²) in [4.78, 5) is 14.0. The number of carbonyl (C=O) groups excluding carboxylic acids is 1. The molecule has 0 bridgehead atoms. The van der Waals surface area contributed by atoms with Gasteiger partial charge in [-0.3, -0.25) is 9.78 Å². The van der Waals surface area contributed by atoms with Gasteiger partial charge in [0.15, 0.2) is 6.10 Å². The molecule has 0 aliphatic carbocycles. The van der Waals surface area contributed by atoms with E-state index in [0.29, 0.717) is 0 Å². The molecule has 0 spiro atoms. The summed E-state index contributed by atoms with van der Waals surface area (Å²) in [6.07, 6.45) is -2.68. The molecule has 0 saturated carbocycles. The largest absolute Gasteiger partial charge is 0.397 e. The highest BCUT2D eigenvalue weighted by Gasteiger charge is 2.26. The molecule has 1 rings (SSSR count). The minimum Gasteiger partial charge on any atom is -0.397 e. The maximum atomic E-state index is 12.6. The fourth-order valence-electron chi connectivity index (χ4n) is 1.02. The lowest BCUT2D eigenvalue weighted by atomic mass is 10.1. The number of anilines is 1. The number of amides is 1. The second kappa shape index (κ2) is 4.20. The van der Waals surface area contributed by atoms with Gasteiger partial charge in [-0.2, -0.15) is 0 Å². The molecule has 2 unspecified atom stereocenters. The van der Waals surface area contributed by atoms with Gasteiger partial charge in [-0.05, 0) is 0 Å². The van der Waals surface area contributed by atoms with Gasteiger partial charge in [0.1, 0.15) is 11.9 Å². The maximum absolute atomic E-state index is 12.6. The summed E-state index contributed by atoms with van der Waals surface area (Å²) < 4.78 is 12.6. The monoisotopic (exact) mass is 215 g/mol. The number of carbonyl (C=O) groups is 1. The normalized spacial score (nSPS) is 14.6. The molecule has 0 fully saturated rings. The number of primary amides is 1. The maximum Gasteiger partial charge on any atom is 0.249 e. The molecular formula is C8H10FN3O3. The van der Waals surface area contributed by atoms with Crippen molar-refractivity contribution >= 4 is 11.6 Å². The first-order valence-electron chi connectivity index (χ1n) is 4.00. The van der Waals surface area contributed by atoms with E-state index in [4.69, 9.17) is 16.6 Å². The standard InChI is InChI=1S/C8H10FN3O3/c9-3-1-4(10)5(12-2-3)6(13)7(14)8(11)15/h1-2,6-7,13-14H,10H2,(H2,11,15). The highest BCUT2D eigenvalue weighted by molar-refractivity contribution is 5.79. The van der Waals surface area contributed by atoms with Crippen LogP contribution in [0.2, 0.25) is 0 Å². The molecule has 0 aromatic carbocycles. The number of aliphatic hydroxyl groups is 2. The van der Waals surface area contributed by atoms with Gasteiger partial charge in [-0.15, -0.1) is 0 Å². The Morgan fingerprint density at radius 2 is 2.13 bits per heavy atom. The molecule has 0 aliphatic rings. The Balaban J connectivity index is 3.01. The smallest absolute Gasteiger partial charge is 0.249 e. The molecule has 1 aromatic heterocycles. The lowest BCUT2D eigenvalue weighted by molar-refractivity contribution is -0.132. The van der Waals surface area contributed by atoms with E-state index in [1.807, 2.05) is 0 Å². The Hall–Kier alpha value is -1.73. The molecule has 6 N–H and O–H groups in total. The molecule has 2 atom stereocenters. The van der Waals surface area contributed by atoms with Crippen LogP contribution < -0.4 is 11.5 Å². The summed E-state index contributed by atoms with van der Waals surface area (Å²) in [6, 6.07) is 0.916. The van der Waals surface area contributed by atoms with E-state index >= 15 is 0 Å². The van der Waals surface area contributed by atoms with Gasteiger partial charge >= 0.3 is 0 Å². The zero-order chi connectivity index (χ0) is 11.6. The summed E-state index contributed by atoms with van der Waals surface area (Å²) in [5.74, 6) is -1.80. The van der Waals surface area contributed by atoms with E-state index in [1.165, 1.54) is 0 Å². The van der Waals surface area contributed by atoms with Crippen LogP contribution in [0.15, 0.2) is 12.3 Å². The Bertz CT molecular complexity index is 385. The summed E-state index contributed by atoms with van der Waals surface area (Å²) in [7, 11) is 0. The third-order valence-electron chi connectivity index (χ3n) is 1.79. The number of hydrogen-bond donors (Lipinski definition) is 4. The van der Waals surface area contributed by atoms with Crippen molar-refractivity contribution in [3.05, 3.63) is 23.8 Å². The van der Waals surface area contributed by atoms with Crippen LogP contribution in [0.5, 0.6) is 0 Å². The molecule has 82 valence electrons. The Morgan fingerprint density at radius 1 is 1.53 bits per heavy atom. The molecule has 1 amide bonds. The van der Waals surface area contributed by atoms with Crippen molar-refractivity contribution in [2.75, 3.05) is 5.73 Å². The number of nitrogens with two attached hydrogens (primary N) is 2. The number of aromatic nitrogens is 1. The minimum atomic E-state index is -1.83. The van der Waals surface area contributed by atoms with E-state index in [9.17, 15) is 14.3 Å². The zero-order valence-electron chi connectivity index (χ0n) is 7.59. The van der Waals surface area contributed by atoms with Crippen molar-refractivity contribution in [2.24, 2.45) is 5.73 Å². The van der Waals surface area contributed by atoms with Gasteiger partial charge in [-0.1, -0.05) is 0 Å². The third-order valence-corrected chi connectivity index (χ3v) is 1.79. The molecule has 0 aliphatic heterocycles. The zero-order valence-corrected chi connectivity index (χ0v) is 7.59. The lowest BCUT2D eigenvalue weighted by Gasteiger charge is -2.15. The van der Waals surface area contributed by atoms with Crippen LogP contribution >= 0.6 is 0 Å². The summed E-state index contributed by atoms with van der Waals surface area (Å²) in [5, 5.41) is 18.5. The second-order valence-electron chi connectivity index (χ2n) is 2.92. The second-order valence-corrected chi connectivity index (χ2v) is 2.92. The van der Waals surface area contributed by atoms with Crippen LogP contribution in [0, 0.1) is 5.82 Å². The minimum absolute atomic E-state index is 0.164. The fourth-order valence-corrected chi connectivity index (χ4v) is 1.02. The number of hydrogen-bond acceptors (Lipinski definition) is 5. The van der Waals surface area contributed by atoms with E-state index in [0.717, 1.165) is 12.3 Å². The predicted octanol–water partition coefficient (Wildman–Crippen LogP) is -1.32. The van der Waals surface area contributed by atoms with Crippen LogP contribution in [0.3, 0.4) is 0 Å². The van der Waals surface area contributed by atoms with Gasteiger partial charge < -0.3 is 21.7 Å². The first-order chi connectivity index (χ1) is 6.93. The topological polar surface area (TPSA) is 122 Å². The van der Waals surface area contributed by atoms with Crippen molar-refractivity contribution < 1.29 is 19.4 Å². The number of nitrogen functional groups attached to an aromatic ring is 1. The van der Waals surface area contributed by atoms with Crippen molar-refractivity contribution in [3.8, 4) is 0 Å². The number of halogens is 1. The van der Waals surface area contributed by atoms with Crippen LogP contribution in [-0.2, 0) is 4.79 Å². The van der Waals surface area contributed by atoms with Gasteiger partial charge in [0.25, 0.3) is 0 Å². The van der Waals surface area contributed by atoms with Gasteiger partial charge in [-0.25, -0.2) is 4.39 Å². The highest BCUT2D eigenvalue weighted by Crippen LogP contribution is 2.21. The molecular weight excluding hydrogens is 205 g/mol. The van der Waals surface area contributed by atoms with Crippen molar-refractivity contribution in [2.45, 2.75) is 12.2 Å². The van der Waals surface area contributed by atoms with E-state index in [-0.39, 0.29) is 11.4 Å². The molecule has 0 radical (unpaired) electrons. The van der Waals surface area contributed by atoms with Gasteiger partial charge in [0, 0.05) is 6.07 Å². The molecule has 1 heterocycles. The number of rotatable bonds is 3. The van der Waals surface area contributed by atoms with E-state index < -0.39 is 23.9 Å². The van der Waals surface area contributed by atoms with Crippen molar-refractivity contribution in [1.82, 2.24) is 4.98 Å². The van der Waals surface area contributed by atoms with E-state index in [2.05, 4.69) is 4.98 Å². The molecule has 6 nitrogen and oxygen atoms in total. The third kappa shape index (κ3) is 2.39. The quantitative estimate of drug-likeness (QED) is 0.498. The average Bonchev–Trinajstić information content (AvgIpc) is 2.15. The molecule has 7 heteroatoms. The lowest BCUT2D eigenvalue weighted by Crippen LogP contribution is -2.34. The highest BCUT2D eigenvalue weighted by atomic mass is 19.1. The SMILES string of the molecule is NC(=O)C(O)C(O)c1ncc(F)cc1N. The van der Waals surface area contributed by atoms with Crippen LogP contribution in [0.1, 0.15) is 11.8 Å². The van der Waals surface area contributed by atoms with Crippen molar-refractivity contribution in [1.29, 1.82) is 0 Å². The summed E-state index contributed by atoms with van der Waals surface area (Å²) in [6.45, 7) is 0. The molecule has 15 heavy (non-hydrogen) atoms. The van der Waals surface area contributed by atoms with Crippen LogP contribution in [-0.4, -0.2) is 27.2 Å². The number of nitrogens with zero attached hydrogens (tertiary/aromatic N) is 1. The first kappa shape index (κ1) is 11.3. The van der Waals surface area contributed by atoms with E-state index in [1.54, 1.807) is 0 Å². The van der Waals surface area contributed by atoms with Gasteiger partial charge in [0.2, 0.25) is 5.91 Å².